The van der Waals surface area contributed by atoms with Gasteiger partial charge in [-0.25, -0.2) is 0 Å². The lowest BCUT2D eigenvalue weighted by Crippen LogP contribution is -2.42. The molecule has 100 valence electrons. The number of carbonyl (C=O) groups excluding carboxylic acids is 1. The summed E-state index contributed by atoms with van der Waals surface area (Å²) in [7, 11) is 0. The van der Waals surface area contributed by atoms with Crippen LogP contribution in [0.15, 0.2) is 0 Å². The van der Waals surface area contributed by atoms with Crippen LogP contribution < -0.4 is 5.32 Å². The fourth-order valence-electron chi connectivity index (χ4n) is 1.62. The largest absolute Gasteiger partial charge is 0.401 e. The molecule has 0 saturated heterocycles. The van der Waals surface area contributed by atoms with E-state index >= 15 is 0 Å². The number of alkyl halides is 3. The third-order valence-corrected chi connectivity index (χ3v) is 2.62. The summed E-state index contributed by atoms with van der Waals surface area (Å²) in [4.78, 5) is 13.3. The van der Waals surface area contributed by atoms with Crippen LogP contribution >= 0.6 is 0 Å². The Kier molecular flexibility index (Phi) is 5.24. The van der Waals surface area contributed by atoms with E-state index in [0.717, 1.165) is 19.3 Å². The predicted octanol–water partition coefficient (Wildman–Crippen LogP) is 1.79. The van der Waals surface area contributed by atoms with Crippen molar-refractivity contribution in [2.75, 3.05) is 26.2 Å². The van der Waals surface area contributed by atoms with Crippen molar-refractivity contribution in [2.45, 2.75) is 32.4 Å². The molecule has 6 heteroatoms. The van der Waals surface area contributed by atoms with Crippen molar-refractivity contribution in [3.8, 4) is 0 Å². The molecule has 1 fully saturated rings. The van der Waals surface area contributed by atoms with E-state index in [4.69, 9.17) is 0 Å². The smallest absolute Gasteiger partial charge is 0.341 e. The first kappa shape index (κ1) is 14.3. The average Bonchev–Trinajstić information content (AvgIpc) is 2.99. The van der Waals surface area contributed by atoms with Gasteiger partial charge in [0.1, 0.15) is 0 Å². The molecule has 0 unspecified atom stereocenters. The van der Waals surface area contributed by atoms with Crippen LogP contribution in [0.2, 0.25) is 0 Å². The number of carbonyl (C=O) groups is 1. The Bertz CT molecular complexity index is 252. The summed E-state index contributed by atoms with van der Waals surface area (Å²) in [6, 6.07) is 0. The summed E-state index contributed by atoms with van der Waals surface area (Å²) >= 11 is 0. The summed E-state index contributed by atoms with van der Waals surface area (Å²) in [5.41, 5.74) is 0. The summed E-state index contributed by atoms with van der Waals surface area (Å²) in [5, 5.41) is 2.14. The van der Waals surface area contributed by atoms with E-state index in [2.05, 4.69) is 5.32 Å². The van der Waals surface area contributed by atoms with Crippen LogP contribution in [0, 0.1) is 5.92 Å². The minimum Gasteiger partial charge on any atom is -0.341 e. The highest BCUT2D eigenvalue weighted by Gasteiger charge is 2.28. The molecule has 0 atom stereocenters. The molecule has 1 rings (SSSR count). The molecule has 0 aliphatic heterocycles. The number of amides is 1. The van der Waals surface area contributed by atoms with Gasteiger partial charge in [0.05, 0.1) is 13.1 Å². The van der Waals surface area contributed by atoms with Crippen molar-refractivity contribution < 1.29 is 18.0 Å². The second-order valence-electron chi connectivity index (χ2n) is 4.50. The van der Waals surface area contributed by atoms with Gasteiger partial charge < -0.3 is 10.2 Å². The van der Waals surface area contributed by atoms with Crippen molar-refractivity contribution in [2.24, 2.45) is 5.92 Å². The van der Waals surface area contributed by atoms with Crippen LogP contribution in [-0.2, 0) is 4.79 Å². The van der Waals surface area contributed by atoms with Crippen LogP contribution in [0.25, 0.3) is 0 Å². The van der Waals surface area contributed by atoms with Gasteiger partial charge in [0, 0.05) is 13.1 Å². The summed E-state index contributed by atoms with van der Waals surface area (Å²) in [6.45, 7) is 1.94. The molecule has 3 nitrogen and oxygen atoms in total. The van der Waals surface area contributed by atoms with Crippen molar-refractivity contribution in [3.63, 3.8) is 0 Å². The number of hydrogen-bond donors (Lipinski definition) is 1. The van der Waals surface area contributed by atoms with Gasteiger partial charge in [-0.1, -0.05) is 6.92 Å². The van der Waals surface area contributed by atoms with Crippen molar-refractivity contribution in [3.05, 3.63) is 0 Å². The van der Waals surface area contributed by atoms with Crippen molar-refractivity contribution >= 4 is 5.91 Å². The fraction of sp³-hybridized carbons (Fsp3) is 0.909. The second kappa shape index (κ2) is 6.23. The van der Waals surface area contributed by atoms with Crippen LogP contribution in [-0.4, -0.2) is 43.2 Å². The van der Waals surface area contributed by atoms with E-state index in [9.17, 15) is 18.0 Å². The first-order valence-corrected chi connectivity index (χ1v) is 5.97. The van der Waals surface area contributed by atoms with Gasteiger partial charge in [-0.15, -0.1) is 0 Å². The van der Waals surface area contributed by atoms with Crippen LogP contribution in [0.1, 0.15) is 26.2 Å². The van der Waals surface area contributed by atoms with Gasteiger partial charge in [-0.2, -0.15) is 13.2 Å². The molecule has 1 aliphatic carbocycles. The van der Waals surface area contributed by atoms with E-state index in [1.165, 1.54) is 0 Å². The molecule has 0 spiro atoms. The predicted molar refractivity (Wildman–Crippen MR) is 58.5 cm³/mol. The molecule has 0 radical (unpaired) electrons. The van der Waals surface area contributed by atoms with Gasteiger partial charge in [-0.05, 0) is 25.2 Å². The molecule has 0 aromatic heterocycles. The van der Waals surface area contributed by atoms with E-state index in [-0.39, 0.29) is 12.5 Å². The molecule has 1 aliphatic rings. The SMILES string of the molecule is CCCN(CC1CC1)C(=O)CNCC(F)(F)F. The standard InChI is InChI=1S/C11H19F3N2O/c1-2-5-16(7-9-3-4-9)10(17)6-15-8-11(12,13)14/h9,15H,2-8H2,1H3. The summed E-state index contributed by atoms with van der Waals surface area (Å²) in [6.07, 6.45) is -1.17. The molecule has 17 heavy (non-hydrogen) atoms. The number of hydrogen-bond acceptors (Lipinski definition) is 2. The van der Waals surface area contributed by atoms with E-state index < -0.39 is 12.7 Å². The number of rotatable bonds is 7. The van der Waals surface area contributed by atoms with Crippen LogP contribution in [0.3, 0.4) is 0 Å². The number of nitrogens with zero attached hydrogens (tertiary/aromatic N) is 1. The lowest BCUT2D eigenvalue weighted by Gasteiger charge is -2.22. The van der Waals surface area contributed by atoms with Crippen molar-refractivity contribution in [1.82, 2.24) is 10.2 Å². The van der Waals surface area contributed by atoms with Gasteiger partial charge in [0.15, 0.2) is 0 Å². The zero-order valence-electron chi connectivity index (χ0n) is 10.0. The minimum absolute atomic E-state index is 0.230. The van der Waals surface area contributed by atoms with E-state index in [1.54, 1.807) is 4.90 Å². The Morgan fingerprint density at radius 2 is 2.06 bits per heavy atom. The summed E-state index contributed by atoms with van der Waals surface area (Å²) in [5.74, 6) is 0.330. The normalized spacial score (nSPS) is 16.0. The Morgan fingerprint density at radius 1 is 1.41 bits per heavy atom. The highest BCUT2D eigenvalue weighted by Crippen LogP contribution is 2.29. The maximum atomic E-state index is 11.9. The minimum atomic E-state index is -4.26. The number of halogens is 3. The quantitative estimate of drug-likeness (QED) is 0.749. The molecule has 1 amide bonds. The molecule has 0 bridgehead atoms. The molecular weight excluding hydrogens is 233 g/mol. The molecule has 0 aromatic rings. The zero-order chi connectivity index (χ0) is 12.9. The molecule has 0 aromatic carbocycles. The highest BCUT2D eigenvalue weighted by atomic mass is 19.4. The number of nitrogens with one attached hydrogen (secondary N) is 1. The maximum absolute atomic E-state index is 11.9. The van der Waals surface area contributed by atoms with Gasteiger partial charge in [0.25, 0.3) is 0 Å². The van der Waals surface area contributed by atoms with Gasteiger partial charge in [0.2, 0.25) is 5.91 Å². The third-order valence-electron chi connectivity index (χ3n) is 2.62. The Morgan fingerprint density at radius 3 is 2.53 bits per heavy atom. The molecular formula is C11H19F3N2O. The van der Waals surface area contributed by atoms with Crippen molar-refractivity contribution in [1.29, 1.82) is 0 Å². The topological polar surface area (TPSA) is 32.3 Å². The first-order valence-electron chi connectivity index (χ1n) is 5.97. The first-order chi connectivity index (χ1) is 7.92. The Labute approximate surface area is 99.4 Å². The third kappa shape index (κ3) is 6.51. The summed E-state index contributed by atoms with van der Waals surface area (Å²) < 4.78 is 35.7. The second-order valence-corrected chi connectivity index (χ2v) is 4.50. The lowest BCUT2D eigenvalue weighted by molar-refractivity contribution is -0.134. The molecule has 1 N–H and O–H groups in total. The van der Waals surface area contributed by atoms with E-state index in [0.29, 0.717) is 19.0 Å². The van der Waals surface area contributed by atoms with Crippen LogP contribution in [0.4, 0.5) is 13.2 Å². The van der Waals surface area contributed by atoms with Gasteiger partial charge in [-0.3, -0.25) is 4.79 Å². The van der Waals surface area contributed by atoms with Gasteiger partial charge >= 0.3 is 6.18 Å². The monoisotopic (exact) mass is 252 g/mol. The fourth-order valence-corrected chi connectivity index (χ4v) is 1.62. The molecule has 1 saturated carbocycles. The zero-order valence-corrected chi connectivity index (χ0v) is 10.0. The average molecular weight is 252 g/mol. The Balaban J connectivity index is 2.26. The molecule has 0 heterocycles. The maximum Gasteiger partial charge on any atom is 0.401 e. The lowest BCUT2D eigenvalue weighted by atomic mass is 10.3. The van der Waals surface area contributed by atoms with E-state index in [1.807, 2.05) is 6.92 Å². The van der Waals surface area contributed by atoms with Crippen LogP contribution in [0.5, 0.6) is 0 Å². The Hall–Kier alpha value is -0.780. The highest BCUT2D eigenvalue weighted by molar-refractivity contribution is 5.78.